The molecule has 0 bridgehead atoms. The Morgan fingerprint density at radius 3 is 2.38 bits per heavy atom. The summed E-state index contributed by atoms with van der Waals surface area (Å²) >= 11 is 6.11. The molecule has 1 unspecified atom stereocenters. The first-order valence-electron chi connectivity index (χ1n) is 6.40. The van der Waals surface area contributed by atoms with Crippen LogP contribution in [0.15, 0.2) is 36.4 Å². The molecule has 21 heavy (non-hydrogen) atoms. The van der Waals surface area contributed by atoms with Crippen LogP contribution in [0.2, 0.25) is 5.02 Å². The zero-order valence-corrected chi connectivity index (χ0v) is 12.5. The summed E-state index contributed by atoms with van der Waals surface area (Å²) in [5.41, 5.74) is 0.799. The van der Waals surface area contributed by atoms with Crippen molar-refractivity contribution in [2.45, 2.75) is 12.5 Å². The molecule has 0 amide bonds. The van der Waals surface area contributed by atoms with E-state index in [4.69, 9.17) is 21.1 Å². The SMILES string of the molecule is COc1cccc(CC(O)c2c(Cl)cccc2OC)c1F. The molecule has 0 radical (unpaired) electrons. The molecule has 2 aromatic rings. The third kappa shape index (κ3) is 3.28. The molecule has 0 spiro atoms. The lowest BCUT2D eigenvalue weighted by atomic mass is 10.00. The normalized spacial score (nSPS) is 12.0. The van der Waals surface area contributed by atoms with E-state index in [1.807, 2.05) is 0 Å². The van der Waals surface area contributed by atoms with E-state index in [2.05, 4.69) is 0 Å². The molecule has 112 valence electrons. The molecule has 0 aliphatic carbocycles. The van der Waals surface area contributed by atoms with Crippen molar-refractivity contribution in [2.75, 3.05) is 14.2 Å². The van der Waals surface area contributed by atoms with Gasteiger partial charge >= 0.3 is 0 Å². The van der Waals surface area contributed by atoms with Crippen molar-refractivity contribution >= 4 is 11.6 Å². The first-order valence-corrected chi connectivity index (χ1v) is 6.78. The second-order valence-corrected chi connectivity index (χ2v) is 4.92. The topological polar surface area (TPSA) is 38.7 Å². The number of halogens is 2. The van der Waals surface area contributed by atoms with Crippen LogP contribution >= 0.6 is 11.6 Å². The first-order chi connectivity index (χ1) is 10.1. The van der Waals surface area contributed by atoms with Gasteiger partial charge in [-0.3, -0.25) is 0 Å². The Morgan fingerprint density at radius 1 is 1.10 bits per heavy atom. The molecule has 0 aliphatic heterocycles. The third-order valence-electron chi connectivity index (χ3n) is 3.24. The molecule has 2 aromatic carbocycles. The molecule has 1 atom stereocenters. The van der Waals surface area contributed by atoms with Gasteiger partial charge in [-0.05, 0) is 23.8 Å². The number of hydrogen-bond acceptors (Lipinski definition) is 3. The van der Waals surface area contributed by atoms with Crippen LogP contribution in [0, 0.1) is 5.82 Å². The van der Waals surface area contributed by atoms with Gasteiger partial charge in [0.15, 0.2) is 11.6 Å². The zero-order valence-electron chi connectivity index (χ0n) is 11.8. The number of ether oxygens (including phenoxy) is 2. The molecule has 0 heterocycles. The van der Waals surface area contributed by atoms with Gasteiger partial charge in [0, 0.05) is 12.0 Å². The van der Waals surface area contributed by atoms with Crippen LogP contribution in [0.4, 0.5) is 4.39 Å². The highest BCUT2D eigenvalue weighted by atomic mass is 35.5. The summed E-state index contributed by atoms with van der Waals surface area (Å²) in [7, 11) is 2.89. The monoisotopic (exact) mass is 310 g/mol. The predicted octanol–water partition coefficient (Wildman–Crippen LogP) is 3.77. The summed E-state index contributed by atoms with van der Waals surface area (Å²) in [4.78, 5) is 0. The van der Waals surface area contributed by atoms with Gasteiger partial charge in [0.1, 0.15) is 5.75 Å². The van der Waals surface area contributed by atoms with Gasteiger partial charge in [-0.2, -0.15) is 0 Å². The van der Waals surface area contributed by atoms with Gasteiger partial charge in [0.05, 0.1) is 25.3 Å². The minimum atomic E-state index is -0.977. The lowest BCUT2D eigenvalue weighted by Gasteiger charge is -2.17. The second-order valence-electron chi connectivity index (χ2n) is 4.51. The van der Waals surface area contributed by atoms with Crippen LogP contribution in [0.25, 0.3) is 0 Å². The molecule has 0 aromatic heterocycles. The van der Waals surface area contributed by atoms with Gasteiger partial charge in [-0.15, -0.1) is 0 Å². The fraction of sp³-hybridized carbons (Fsp3) is 0.250. The van der Waals surface area contributed by atoms with Crippen molar-refractivity contribution in [3.63, 3.8) is 0 Å². The maximum Gasteiger partial charge on any atom is 0.168 e. The van der Waals surface area contributed by atoms with E-state index in [9.17, 15) is 9.50 Å². The fourth-order valence-electron chi connectivity index (χ4n) is 2.20. The largest absolute Gasteiger partial charge is 0.496 e. The third-order valence-corrected chi connectivity index (χ3v) is 3.57. The zero-order chi connectivity index (χ0) is 15.4. The smallest absolute Gasteiger partial charge is 0.168 e. The Kier molecular flexibility index (Phi) is 5.04. The van der Waals surface area contributed by atoms with E-state index in [-0.39, 0.29) is 12.2 Å². The van der Waals surface area contributed by atoms with E-state index in [1.54, 1.807) is 30.3 Å². The number of benzene rings is 2. The van der Waals surface area contributed by atoms with Crippen LogP contribution in [0.5, 0.6) is 11.5 Å². The van der Waals surface area contributed by atoms with E-state index < -0.39 is 11.9 Å². The summed E-state index contributed by atoms with van der Waals surface area (Å²) in [6.07, 6.45) is -0.904. The molecule has 0 saturated carbocycles. The Balaban J connectivity index is 2.33. The first kappa shape index (κ1) is 15.6. The maximum absolute atomic E-state index is 14.1. The number of aliphatic hydroxyl groups is 1. The van der Waals surface area contributed by atoms with Crippen molar-refractivity contribution in [3.05, 3.63) is 58.4 Å². The molecular formula is C16H16ClFO3. The predicted molar refractivity (Wildman–Crippen MR) is 79.6 cm³/mol. The summed E-state index contributed by atoms with van der Waals surface area (Å²) in [6, 6.07) is 9.89. The number of methoxy groups -OCH3 is 2. The van der Waals surface area contributed by atoms with Crippen LogP contribution < -0.4 is 9.47 Å². The molecule has 5 heteroatoms. The summed E-state index contributed by atoms with van der Waals surface area (Å²) < 4.78 is 24.3. The minimum absolute atomic E-state index is 0.0725. The fourth-order valence-corrected chi connectivity index (χ4v) is 2.49. The Bertz CT molecular complexity index is 631. The van der Waals surface area contributed by atoms with Gasteiger partial charge in [0.2, 0.25) is 0 Å². The Labute approximate surface area is 127 Å². The lowest BCUT2D eigenvalue weighted by Crippen LogP contribution is -2.07. The van der Waals surface area contributed by atoms with Crippen LogP contribution in [-0.2, 0) is 6.42 Å². The average Bonchev–Trinajstić information content (AvgIpc) is 2.48. The number of hydrogen-bond donors (Lipinski definition) is 1. The van der Waals surface area contributed by atoms with Crippen molar-refractivity contribution in [1.29, 1.82) is 0 Å². The van der Waals surface area contributed by atoms with Gasteiger partial charge in [0.25, 0.3) is 0 Å². The maximum atomic E-state index is 14.1. The van der Waals surface area contributed by atoms with Crippen molar-refractivity contribution in [3.8, 4) is 11.5 Å². The Hall–Kier alpha value is -1.78. The molecule has 1 N–H and O–H groups in total. The molecule has 2 rings (SSSR count). The quantitative estimate of drug-likeness (QED) is 0.913. The molecule has 0 aliphatic rings. The van der Waals surface area contributed by atoms with E-state index in [0.29, 0.717) is 21.9 Å². The van der Waals surface area contributed by atoms with Crippen molar-refractivity contribution in [2.24, 2.45) is 0 Å². The van der Waals surface area contributed by atoms with Crippen LogP contribution in [0.1, 0.15) is 17.2 Å². The number of rotatable bonds is 5. The van der Waals surface area contributed by atoms with E-state index in [1.165, 1.54) is 20.3 Å². The molecular weight excluding hydrogens is 295 g/mol. The van der Waals surface area contributed by atoms with Crippen molar-refractivity contribution in [1.82, 2.24) is 0 Å². The molecule has 0 fully saturated rings. The van der Waals surface area contributed by atoms with Gasteiger partial charge < -0.3 is 14.6 Å². The molecule has 3 nitrogen and oxygen atoms in total. The standard InChI is InChI=1S/C16H16ClFO3/c1-20-13-7-4-6-11(17)15(13)12(19)9-10-5-3-8-14(21-2)16(10)18/h3-8,12,19H,9H2,1-2H3. The second kappa shape index (κ2) is 6.78. The average molecular weight is 311 g/mol. The van der Waals surface area contributed by atoms with Crippen LogP contribution in [0.3, 0.4) is 0 Å². The van der Waals surface area contributed by atoms with Crippen molar-refractivity contribution < 1.29 is 19.0 Å². The highest BCUT2D eigenvalue weighted by Gasteiger charge is 2.20. The molecule has 0 saturated heterocycles. The van der Waals surface area contributed by atoms with Crippen LogP contribution in [-0.4, -0.2) is 19.3 Å². The number of aliphatic hydroxyl groups excluding tert-OH is 1. The summed E-state index contributed by atoms with van der Waals surface area (Å²) in [5, 5.41) is 10.8. The highest BCUT2D eigenvalue weighted by Crippen LogP contribution is 2.34. The minimum Gasteiger partial charge on any atom is -0.496 e. The van der Waals surface area contributed by atoms with E-state index >= 15 is 0 Å². The summed E-state index contributed by atoms with van der Waals surface area (Å²) in [5.74, 6) is 0.134. The summed E-state index contributed by atoms with van der Waals surface area (Å²) in [6.45, 7) is 0. The van der Waals surface area contributed by atoms with E-state index in [0.717, 1.165) is 0 Å². The lowest BCUT2D eigenvalue weighted by molar-refractivity contribution is 0.172. The Morgan fingerprint density at radius 2 is 1.71 bits per heavy atom. The van der Waals surface area contributed by atoms with Gasteiger partial charge in [-0.25, -0.2) is 4.39 Å². The van der Waals surface area contributed by atoms with Gasteiger partial charge in [-0.1, -0.05) is 29.8 Å². The highest BCUT2D eigenvalue weighted by molar-refractivity contribution is 6.31.